The number of aryl methyl sites for hydroxylation is 1. The van der Waals surface area contributed by atoms with E-state index in [1.54, 1.807) is 0 Å². The molecular weight excluding hydrogens is 408 g/mol. The van der Waals surface area contributed by atoms with E-state index in [0.29, 0.717) is 11.0 Å². The van der Waals surface area contributed by atoms with E-state index in [2.05, 4.69) is 58.3 Å². The maximum atomic E-state index is 13.0. The molecule has 0 atom stereocenters. The molecule has 6 aromatic rings. The molecule has 0 radical (unpaired) electrons. The number of aromatic amines is 2. The fourth-order valence-electron chi connectivity index (χ4n) is 4.39. The van der Waals surface area contributed by atoms with Crippen molar-refractivity contribution in [3.05, 3.63) is 107 Å². The summed E-state index contributed by atoms with van der Waals surface area (Å²) in [5, 5.41) is 1.53. The van der Waals surface area contributed by atoms with E-state index in [0.717, 1.165) is 44.5 Å². The third kappa shape index (κ3) is 3.22. The first-order valence-electron chi connectivity index (χ1n) is 10.8. The van der Waals surface area contributed by atoms with Crippen molar-refractivity contribution in [2.45, 2.75) is 6.92 Å². The SMILES string of the molecule is Cc1ccc(-c2cc(-c3c(-c4ccccc4)[nH]c4ccccc34)c3c(=O)[nH]cnc3n2)cc1. The largest absolute Gasteiger partial charge is 0.354 e. The molecule has 0 aliphatic heterocycles. The van der Waals surface area contributed by atoms with Crippen LogP contribution in [0.2, 0.25) is 0 Å². The van der Waals surface area contributed by atoms with Crippen LogP contribution in [0.1, 0.15) is 5.56 Å². The molecule has 0 aliphatic carbocycles. The maximum absolute atomic E-state index is 13.0. The number of hydrogen-bond donors (Lipinski definition) is 2. The molecule has 33 heavy (non-hydrogen) atoms. The number of hydrogen-bond acceptors (Lipinski definition) is 3. The minimum absolute atomic E-state index is 0.206. The highest BCUT2D eigenvalue weighted by atomic mass is 16.1. The molecule has 5 nitrogen and oxygen atoms in total. The number of H-pyrrole nitrogens is 2. The number of nitrogens with zero attached hydrogens (tertiary/aromatic N) is 2. The summed E-state index contributed by atoms with van der Waals surface area (Å²) in [5.41, 5.74) is 7.95. The molecule has 0 fully saturated rings. The lowest BCUT2D eigenvalue weighted by Crippen LogP contribution is -2.09. The van der Waals surface area contributed by atoms with E-state index < -0.39 is 0 Å². The van der Waals surface area contributed by atoms with E-state index >= 15 is 0 Å². The molecule has 0 amide bonds. The number of aromatic nitrogens is 4. The van der Waals surface area contributed by atoms with Gasteiger partial charge < -0.3 is 9.97 Å². The van der Waals surface area contributed by atoms with E-state index in [9.17, 15) is 4.79 Å². The average molecular weight is 428 g/mol. The number of pyridine rings is 1. The molecule has 5 heteroatoms. The molecule has 2 N–H and O–H groups in total. The van der Waals surface area contributed by atoms with Crippen LogP contribution in [0.4, 0.5) is 0 Å². The van der Waals surface area contributed by atoms with Crippen LogP contribution in [0.25, 0.3) is 55.6 Å². The van der Waals surface area contributed by atoms with Gasteiger partial charge in [-0.2, -0.15) is 0 Å². The van der Waals surface area contributed by atoms with Crippen LogP contribution in [0.3, 0.4) is 0 Å². The minimum Gasteiger partial charge on any atom is -0.354 e. The smallest absolute Gasteiger partial charge is 0.260 e. The zero-order chi connectivity index (χ0) is 22.4. The third-order valence-electron chi connectivity index (χ3n) is 6.00. The van der Waals surface area contributed by atoms with Crippen LogP contribution < -0.4 is 5.56 Å². The van der Waals surface area contributed by atoms with Gasteiger partial charge in [-0.3, -0.25) is 4.79 Å². The Morgan fingerprint density at radius 1 is 0.818 bits per heavy atom. The van der Waals surface area contributed by atoms with Crippen LogP contribution in [-0.2, 0) is 0 Å². The predicted molar refractivity (Wildman–Crippen MR) is 133 cm³/mol. The lowest BCUT2D eigenvalue weighted by molar-refractivity contribution is 1.14. The van der Waals surface area contributed by atoms with Crippen LogP contribution >= 0.6 is 0 Å². The van der Waals surface area contributed by atoms with Crippen molar-refractivity contribution in [3.63, 3.8) is 0 Å². The molecule has 3 aromatic heterocycles. The quantitative estimate of drug-likeness (QED) is 0.357. The number of rotatable bonds is 3. The highest BCUT2D eigenvalue weighted by molar-refractivity contribution is 6.09. The molecule has 0 spiro atoms. The minimum atomic E-state index is -0.206. The number of para-hydroxylation sites is 1. The number of benzene rings is 3. The summed E-state index contributed by atoms with van der Waals surface area (Å²) < 4.78 is 0. The molecule has 158 valence electrons. The Hall–Kier alpha value is -4.51. The fraction of sp³-hybridized carbons (Fsp3) is 0.0357. The van der Waals surface area contributed by atoms with Gasteiger partial charge in [-0.25, -0.2) is 9.97 Å². The van der Waals surface area contributed by atoms with Crippen molar-refractivity contribution in [2.75, 3.05) is 0 Å². The van der Waals surface area contributed by atoms with Gasteiger partial charge in [-0.15, -0.1) is 0 Å². The predicted octanol–water partition coefficient (Wildman–Crippen LogP) is 6.11. The zero-order valence-corrected chi connectivity index (χ0v) is 18.0. The van der Waals surface area contributed by atoms with E-state index in [4.69, 9.17) is 4.98 Å². The van der Waals surface area contributed by atoms with Crippen molar-refractivity contribution < 1.29 is 0 Å². The normalized spacial score (nSPS) is 11.3. The summed E-state index contributed by atoms with van der Waals surface area (Å²) in [4.78, 5) is 28.5. The lowest BCUT2D eigenvalue weighted by Gasteiger charge is -2.11. The molecule has 0 bridgehead atoms. The summed E-state index contributed by atoms with van der Waals surface area (Å²) in [6, 6.07) is 28.6. The summed E-state index contributed by atoms with van der Waals surface area (Å²) in [6.07, 6.45) is 1.41. The lowest BCUT2D eigenvalue weighted by atomic mass is 9.95. The first-order valence-corrected chi connectivity index (χ1v) is 10.8. The molecule has 3 heterocycles. The Morgan fingerprint density at radius 3 is 2.39 bits per heavy atom. The van der Waals surface area contributed by atoms with Crippen molar-refractivity contribution >= 4 is 21.9 Å². The molecule has 0 aliphatic rings. The van der Waals surface area contributed by atoms with E-state index in [1.807, 2.05) is 48.5 Å². The Kier molecular flexibility index (Phi) is 4.40. The van der Waals surface area contributed by atoms with Gasteiger partial charge in [0, 0.05) is 27.6 Å². The van der Waals surface area contributed by atoms with Crippen molar-refractivity contribution in [1.82, 2.24) is 19.9 Å². The standard InChI is InChI=1S/C28H20N4O/c1-17-11-13-18(14-12-17)23-15-21(25-27(32-23)29-16-30-28(25)33)24-20-9-5-6-10-22(20)31-26(24)19-7-3-2-4-8-19/h2-16,31H,1H3,(H,29,30,32,33). The van der Waals surface area contributed by atoms with Crippen LogP contribution in [0.5, 0.6) is 0 Å². The second kappa shape index (κ2) is 7.57. The molecule has 0 saturated heterocycles. The fourth-order valence-corrected chi connectivity index (χ4v) is 4.39. The average Bonchev–Trinajstić information content (AvgIpc) is 3.24. The van der Waals surface area contributed by atoms with Gasteiger partial charge >= 0.3 is 0 Å². The molecule has 0 saturated carbocycles. The number of fused-ring (bicyclic) bond motifs is 2. The van der Waals surface area contributed by atoms with E-state index in [1.165, 1.54) is 11.9 Å². The van der Waals surface area contributed by atoms with Crippen molar-refractivity contribution in [1.29, 1.82) is 0 Å². The Bertz CT molecular complexity index is 1680. The summed E-state index contributed by atoms with van der Waals surface area (Å²) in [7, 11) is 0. The van der Waals surface area contributed by atoms with Crippen LogP contribution in [0.15, 0.2) is 96.1 Å². The van der Waals surface area contributed by atoms with E-state index in [-0.39, 0.29) is 5.56 Å². The Labute approximate surface area is 189 Å². The van der Waals surface area contributed by atoms with Gasteiger partial charge in [0.1, 0.15) is 0 Å². The Balaban J connectivity index is 1.75. The zero-order valence-electron chi connectivity index (χ0n) is 18.0. The third-order valence-corrected chi connectivity index (χ3v) is 6.00. The van der Waals surface area contributed by atoms with Gasteiger partial charge in [0.25, 0.3) is 5.56 Å². The summed E-state index contributed by atoms with van der Waals surface area (Å²) in [6.45, 7) is 2.06. The second-order valence-corrected chi connectivity index (χ2v) is 8.14. The van der Waals surface area contributed by atoms with Crippen molar-refractivity contribution in [2.24, 2.45) is 0 Å². The van der Waals surface area contributed by atoms with Gasteiger partial charge in [0.15, 0.2) is 5.65 Å². The van der Waals surface area contributed by atoms with Gasteiger partial charge in [-0.05, 0) is 24.6 Å². The number of nitrogens with one attached hydrogen (secondary N) is 2. The summed E-state index contributed by atoms with van der Waals surface area (Å²) in [5.74, 6) is 0. The Morgan fingerprint density at radius 2 is 1.58 bits per heavy atom. The highest BCUT2D eigenvalue weighted by Crippen LogP contribution is 2.41. The summed E-state index contributed by atoms with van der Waals surface area (Å²) >= 11 is 0. The monoisotopic (exact) mass is 428 g/mol. The highest BCUT2D eigenvalue weighted by Gasteiger charge is 2.20. The topological polar surface area (TPSA) is 74.4 Å². The molecular formula is C28H20N4O. The van der Waals surface area contributed by atoms with Crippen LogP contribution in [-0.4, -0.2) is 19.9 Å². The maximum Gasteiger partial charge on any atom is 0.260 e. The van der Waals surface area contributed by atoms with Crippen LogP contribution in [0, 0.1) is 6.92 Å². The van der Waals surface area contributed by atoms with Gasteiger partial charge in [0.05, 0.1) is 23.1 Å². The van der Waals surface area contributed by atoms with Gasteiger partial charge in [0.2, 0.25) is 0 Å². The molecule has 6 rings (SSSR count). The molecule has 0 unspecified atom stereocenters. The van der Waals surface area contributed by atoms with Gasteiger partial charge in [-0.1, -0.05) is 78.4 Å². The first kappa shape index (κ1) is 19.2. The second-order valence-electron chi connectivity index (χ2n) is 8.14. The first-order chi connectivity index (χ1) is 16.2. The molecule has 3 aromatic carbocycles. The van der Waals surface area contributed by atoms with Crippen molar-refractivity contribution in [3.8, 4) is 33.6 Å².